The molecule has 5 rings (SSSR count). The van der Waals surface area contributed by atoms with Crippen molar-refractivity contribution in [3.8, 4) is 0 Å². The van der Waals surface area contributed by atoms with Crippen LogP contribution in [0.4, 0.5) is 5.82 Å². The molecular formula is C20H23N7. The molecule has 0 saturated heterocycles. The molecule has 138 valence electrons. The number of anilines is 1. The zero-order valence-corrected chi connectivity index (χ0v) is 15.0. The van der Waals surface area contributed by atoms with E-state index in [0.717, 1.165) is 22.7 Å². The van der Waals surface area contributed by atoms with Crippen molar-refractivity contribution in [2.45, 2.75) is 37.4 Å². The van der Waals surface area contributed by atoms with Crippen molar-refractivity contribution < 1.29 is 0 Å². The first kappa shape index (κ1) is 16.1. The van der Waals surface area contributed by atoms with Crippen molar-refractivity contribution in [3.05, 3.63) is 59.7 Å². The van der Waals surface area contributed by atoms with Crippen LogP contribution in [0.25, 0.3) is 10.9 Å². The molecule has 1 unspecified atom stereocenters. The topological polar surface area (TPSA) is 107 Å². The van der Waals surface area contributed by atoms with Gasteiger partial charge in [0.05, 0.1) is 0 Å². The van der Waals surface area contributed by atoms with E-state index in [1.54, 1.807) is 6.21 Å². The third kappa shape index (κ3) is 3.10. The van der Waals surface area contributed by atoms with Crippen LogP contribution in [0, 0.1) is 0 Å². The first-order chi connectivity index (χ1) is 13.2. The van der Waals surface area contributed by atoms with Crippen molar-refractivity contribution >= 4 is 22.9 Å². The Bertz CT molecular complexity index is 1020. The zero-order chi connectivity index (χ0) is 18.3. The first-order valence-electron chi connectivity index (χ1n) is 9.38. The molecule has 7 heteroatoms. The number of nitrogens with one attached hydrogen (secondary N) is 4. The number of allylic oxidation sites excluding steroid dienone is 1. The Morgan fingerprint density at radius 3 is 3.04 bits per heavy atom. The standard InChI is InChI=1S/C20H23N7/c21-20(12-14-5-2-6-16-15(14)7-9-22-16)23-10-8-18(25-20)24-19-11-17(26-27-19)13-3-1-4-13/h2,5-11,13,22,25H,1,3-4,12,21H2,(H2,24,26,27). The van der Waals surface area contributed by atoms with Crippen LogP contribution >= 0.6 is 0 Å². The number of hydrogen-bond acceptors (Lipinski definition) is 5. The van der Waals surface area contributed by atoms with Gasteiger partial charge in [-0.1, -0.05) is 18.6 Å². The summed E-state index contributed by atoms with van der Waals surface area (Å²) in [5.74, 6) is 1.30. The third-order valence-electron chi connectivity index (χ3n) is 5.45. The zero-order valence-electron chi connectivity index (χ0n) is 15.0. The van der Waals surface area contributed by atoms with Crippen LogP contribution in [-0.4, -0.2) is 27.2 Å². The van der Waals surface area contributed by atoms with Crippen molar-refractivity contribution in [2.75, 3.05) is 5.32 Å². The van der Waals surface area contributed by atoms with Crippen molar-refractivity contribution in [3.63, 3.8) is 0 Å². The summed E-state index contributed by atoms with van der Waals surface area (Å²) in [5, 5.41) is 15.3. The second-order valence-electron chi connectivity index (χ2n) is 7.40. The summed E-state index contributed by atoms with van der Waals surface area (Å²) in [6, 6.07) is 10.3. The maximum atomic E-state index is 6.55. The molecule has 2 aliphatic rings. The number of nitrogens with zero attached hydrogens (tertiary/aromatic N) is 2. The highest BCUT2D eigenvalue weighted by atomic mass is 15.3. The number of rotatable bonds is 5. The molecule has 7 nitrogen and oxygen atoms in total. The molecular weight excluding hydrogens is 338 g/mol. The maximum absolute atomic E-state index is 6.55. The molecule has 6 N–H and O–H groups in total. The fraction of sp³-hybridized carbons (Fsp3) is 0.300. The van der Waals surface area contributed by atoms with Gasteiger partial charge in [-0.25, -0.2) is 0 Å². The molecule has 1 fully saturated rings. The molecule has 1 aliphatic carbocycles. The lowest BCUT2D eigenvalue weighted by molar-refractivity contribution is 0.381. The molecule has 1 aromatic carbocycles. The fourth-order valence-electron chi connectivity index (χ4n) is 3.78. The number of hydrogen-bond donors (Lipinski definition) is 5. The lowest BCUT2D eigenvalue weighted by Gasteiger charge is -2.31. The maximum Gasteiger partial charge on any atom is 0.187 e. The van der Waals surface area contributed by atoms with Crippen LogP contribution in [0.15, 0.2) is 53.4 Å². The van der Waals surface area contributed by atoms with Crippen molar-refractivity contribution in [1.82, 2.24) is 20.5 Å². The summed E-state index contributed by atoms with van der Waals surface area (Å²) < 4.78 is 0. The third-order valence-corrected chi connectivity index (χ3v) is 5.45. The van der Waals surface area contributed by atoms with Gasteiger partial charge in [-0.05, 0) is 36.6 Å². The Morgan fingerprint density at radius 1 is 1.26 bits per heavy atom. The van der Waals surface area contributed by atoms with Gasteiger partial charge >= 0.3 is 0 Å². The van der Waals surface area contributed by atoms with E-state index in [2.05, 4.69) is 55.1 Å². The minimum absolute atomic E-state index is 0.575. The summed E-state index contributed by atoms with van der Waals surface area (Å²) in [6.07, 6.45) is 9.93. The van der Waals surface area contributed by atoms with Gasteiger partial charge in [0.2, 0.25) is 0 Å². The van der Waals surface area contributed by atoms with E-state index < -0.39 is 5.79 Å². The number of aromatic amines is 2. The Kier molecular flexibility index (Phi) is 3.75. The van der Waals surface area contributed by atoms with E-state index in [1.165, 1.54) is 30.3 Å². The van der Waals surface area contributed by atoms with Crippen LogP contribution in [0.1, 0.15) is 36.4 Å². The quantitative estimate of drug-likeness (QED) is 0.481. The first-order valence-corrected chi connectivity index (χ1v) is 9.38. The number of nitrogens with two attached hydrogens (primary N) is 1. The smallest absolute Gasteiger partial charge is 0.187 e. The highest BCUT2D eigenvalue weighted by molar-refractivity contribution is 5.83. The second-order valence-corrected chi connectivity index (χ2v) is 7.40. The van der Waals surface area contributed by atoms with Crippen molar-refractivity contribution in [1.29, 1.82) is 0 Å². The van der Waals surface area contributed by atoms with Crippen LogP contribution < -0.4 is 16.4 Å². The molecule has 0 spiro atoms. The van der Waals surface area contributed by atoms with Crippen LogP contribution in [0.2, 0.25) is 0 Å². The van der Waals surface area contributed by atoms with E-state index in [4.69, 9.17) is 5.73 Å². The predicted octanol–water partition coefficient (Wildman–Crippen LogP) is 2.94. The number of fused-ring (bicyclic) bond motifs is 1. The number of H-pyrrole nitrogens is 2. The van der Waals surface area contributed by atoms with Gasteiger partial charge in [-0.3, -0.25) is 15.8 Å². The lowest BCUT2D eigenvalue weighted by atomic mass is 9.83. The van der Waals surface area contributed by atoms with Gasteiger partial charge < -0.3 is 15.6 Å². The molecule has 0 radical (unpaired) electrons. The molecule has 1 saturated carbocycles. The van der Waals surface area contributed by atoms with E-state index in [1.807, 2.05) is 18.3 Å². The molecule has 0 amide bonds. The Hall–Kier alpha value is -3.06. The summed E-state index contributed by atoms with van der Waals surface area (Å²) in [4.78, 5) is 7.72. The van der Waals surface area contributed by atoms with E-state index in [9.17, 15) is 0 Å². The Labute approximate surface area is 157 Å². The molecule has 1 atom stereocenters. The minimum atomic E-state index is -0.907. The summed E-state index contributed by atoms with van der Waals surface area (Å²) in [5.41, 5.74) is 10.0. The average molecular weight is 361 g/mol. The highest BCUT2D eigenvalue weighted by Crippen LogP contribution is 2.36. The predicted molar refractivity (Wildman–Crippen MR) is 107 cm³/mol. The van der Waals surface area contributed by atoms with Crippen molar-refractivity contribution in [2.24, 2.45) is 10.7 Å². The fourth-order valence-corrected chi connectivity index (χ4v) is 3.78. The SMILES string of the molecule is NC1(Cc2cccc3[nH]ccc23)N=CC=C(Nc2cc(C3CCC3)[nH]n2)N1. The monoisotopic (exact) mass is 361 g/mol. The largest absolute Gasteiger partial charge is 0.361 e. The van der Waals surface area contributed by atoms with E-state index in [0.29, 0.717) is 12.3 Å². The Balaban J connectivity index is 1.31. The van der Waals surface area contributed by atoms with E-state index >= 15 is 0 Å². The molecule has 3 aromatic rings. The van der Waals surface area contributed by atoms with Crippen LogP contribution in [0.3, 0.4) is 0 Å². The van der Waals surface area contributed by atoms with E-state index in [-0.39, 0.29) is 0 Å². The molecule has 1 aliphatic heterocycles. The van der Waals surface area contributed by atoms with Gasteiger partial charge in [0.15, 0.2) is 11.6 Å². The van der Waals surface area contributed by atoms with Gasteiger partial charge in [0, 0.05) is 47.4 Å². The second kappa shape index (κ2) is 6.28. The lowest BCUT2D eigenvalue weighted by Crippen LogP contribution is -2.55. The number of aromatic nitrogens is 3. The number of benzene rings is 1. The summed E-state index contributed by atoms with van der Waals surface area (Å²) in [7, 11) is 0. The van der Waals surface area contributed by atoms with Gasteiger partial charge in [-0.2, -0.15) is 5.10 Å². The van der Waals surface area contributed by atoms with Gasteiger partial charge in [-0.15, -0.1) is 0 Å². The summed E-state index contributed by atoms with van der Waals surface area (Å²) >= 11 is 0. The molecule has 2 aromatic heterocycles. The van der Waals surface area contributed by atoms with Gasteiger partial charge in [0.1, 0.15) is 5.82 Å². The summed E-state index contributed by atoms with van der Waals surface area (Å²) in [6.45, 7) is 0. The van der Waals surface area contributed by atoms with Gasteiger partial charge in [0.25, 0.3) is 0 Å². The number of aliphatic imine (C=N–C) groups is 1. The Morgan fingerprint density at radius 2 is 2.19 bits per heavy atom. The van der Waals surface area contributed by atoms with Crippen LogP contribution in [0.5, 0.6) is 0 Å². The van der Waals surface area contributed by atoms with Crippen LogP contribution in [-0.2, 0) is 6.42 Å². The molecule has 0 bridgehead atoms. The molecule has 3 heterocycles. The average Bonchev–Trinajstić information content (AvgIpc) is 3.23. The minimum Gasteiger partial charge on any atom is -0.361 e. The highest BCUT2D eigenvalue weighted by Gasteiger charge is 2.28. The molecule has 27 heavy (non-hydrogen) atoms. The normalized spacial score (nSPS) is 22.3.